The second-order valence-electron chi connectivity index (χ2n) is 7.35. The zero-order valence-electron chi connectivity index (χ0n) is 12.0. The van der Waals surface area contributed by atoms with Gasteiger partial charge in [-0.25, -0.2) is 4.79 Å². The molecule has 0 aromatic carbocycles. The molecule has 2 aliphatic carbocycles. The van der Waals surface area contributed by atoms with Gasteiger partial charge in [0.25, 0.3) is 0 Å². The van der Waals surface area contributed by atoms with Crippen LogP contribution >= 0.6 is 0 Å². The molecule has 0 spiro atoms. The summed E-state index contributed by atoms with van der Waals surface area (Å²) in [5.74, 6) is -0.465. The molecule has 0 amide bonds. The third-order valence-corrected chi connectivity index (χ3v) is 6.27. The van der Waals surface area contributed by atoms with Crippen molar-refractivity contribution in [2.45, 2.75) is 57.5 Å². The monoisotopic (exact) mass is 280 g/mol. The highest BCUT2D eigenvalue weighted by Crippen LogP contribution is 2.60. The van der Waals surface area contributed by atoms with Crippen LogP contribution in [0.4, 0.5) is 0 Å². The zero-order valence-corrected chi connectivity index (χ0v) is 12.0. The van der Waals surface area contributed by atoms with Gasteiger partial charge >= 0.3 is 5.97 Å². The number of ketones is 1. The molecule has 110 valence electrons. The molecule has 0 radical (unpaired) electrons. The highest BCUT2D eigenvalue weighted by molar-refractivity contribution is 5.93. The molecule has 8 atom stereocenters. The Morgan fingerprint density at radius 1 is 1.25 bits per heavy atom. The van der Waals surface area contributed by atoms with E-state index in [0.29, 0.717) is 12.8 Å². The van der Waals surface area contributed by atoms with Crippen LogP contribution in [0, 0.1) is 23.2 Å². The molecule has 4 rings (SSSR count). The number of aliphatic hydroxyl groups is 1. The maximum absolute atomic E-state index is 12.6. The Kier molecular flexibility index (Phi) is 2.20. The van der Waals surface area contributed by atoms with Gasteiger partial charge in [0.2, 0.25) is 0 Å². The minimum absolute atomic E-state index is 0.0245. The molecular formula is C15H20O5. The number of fused-ring (bicyclic) bond motifs is 4. The SMILES string of the molecule is C[C@@H]1[C@H]2O[C@H]2C(=O)[C@]2(C)CC[C@@H]3[C@@H](OC(=O)[C@@]3(C)O)[C@@H]12. The minimum Gasteiger partial charge on any atom is -0.459 e. The Labute approximate surface area is 117 Å². The van der Waals surface area contributed by atoms with E-state index in [-0.39, 0.29) is 41.8 Å². The Balaban J connectivity index is 1.77. The average molecular weight is 280 g/mol. The van der Waals surface area contributed by atoms with Gasteiger partial charge < -0.3 is 14.6 Å². The van der Waals surface area contributed by atoms with E-state index < -0.39 is 17.0 Å². The van der Waals surface area contributed by atoms with Gasteiger partial charge in [0, 0.05) is 17.3 Å². The highest BCUT2D eigenvalue weighted by Gasteiger charge is 2.71. The molecule has 4 fully saturated rings. The molecule has 2 saturated heterocycles. The van der Waals surface area contributed by atoms with Crippen molar-refractivity contribution in [1.29, 1.82) is 0 Å². The normalized spacial score (nSPS) is 60.4. The van der Waals surface area contributed by atoms with Crippen LogP contribution in [0.3, 0.4) is 0 Å². The van der Waals surface area contributed by atoms with Crippen LogP contribution in [0.25, 0.3) is 0 Å². The van der Waals surface area contributed by atoms with Crippen molar-refractivity contribution in [2.75, 3.05) is 0 Å². The van der Waals surface area contributed by atoms with E-state index in [4.69, 9.17) is 9.47 Å². The van der Waals surface area contributed by atoms with Gasteiger partial charge in [-0.3, -0.25) is 4.79 Å². The first kappa shape index (κ1) is 12.8. The number of epoxide rings is 1. The van der Waals surface area contributed by atoms with Gasteiger partial charge in [-0.1, -0.05) is 13.8 Å². The van der Waals surface area contributed by atoms with E-state index in [9.17, 15) is 14.7 Å². The highest BCUT2D eigenvalue weighted by atomic mass is 16.6. The summed E-state index contributed by atoms with van der Waals surface area (Å²) in [6.45, 7) is 5.59. The Hall–Kier alpha value is -0.940. The summed E-state index contributed by atoms with van der Waals surface area (Å²) in [6, 6.07) is 0. The summed E-state index contributed by atoms with van der Waals surface area (Å²) in [6.07, 6.45) is 0.706. The van der Waals surface area contributed by atoms with Crippen LogP contribution in [0.15, 0.2) is 0 Å². The molecule has 4 aliphatic rings. The minimum atomic E-state index is -1.42. The van der Waals surface area contributed by atoms with Crippen LogP contribution in [0.1, 0.15) is 33.6 Å². The van der Waals surface area contributed by atoms with E-state index in [2.05, 4.69) is 6.92 Å². The van der Waals surface area contributed by atoms with Crippen LogP contribution in [0.2, 0.25) is 0 Å². The number of ether oxygens (including phenoxy) is 2. The maximum Gasteiger partial charge on any atom is 0.338 e. The van der Waals surface area contributed by atoms with Crippen LogP contribution in [0.5, 0.6) is 0 Å². The van der Waals surface area contributed by atoms with Crippen molar-refractivity contribution in [3.63, 3.8) is 0 Å². The third-order valence-electron chi connectivity index (χ3n) is 6.27. The molecule has 2 heterocycles. The van der Waals surface area contributed by atoms with Crippen LogP contribution in [-0.2, 0) is 19.1 Å². The largest absolute Gasteiger partial charge is 0.459 e. The lowest BCUT2D eigenvalue weighted by Gasteiger charge is -2.50. The van der Waals surface area contributed by atoms with Gasteiger partial charge in [-0.05, 0) is 25.7 Å². The fourth-order valence-corrected chi connectivity index (χ4v) is 4.98. The molecule has 0 unspecified atom stereocenters. The van der Waals surface area contributed by atoms with E-state index >= 15 is 0 Å². The molecule has 5 heteroatoms. The quantitative estimate of drug-likeness (QED) is 0.521. The van der Waals surface area contributed by atoms with Gasteiger partial charge in [-0.15, -0.1) is 0 Å². The number of hydrogen-bond acceptors (Lipinski definition) is 5. The first-order chi connectivity index (χ1) is 9.28. The summed E-state index contributed by atoms with van der Waals surface area (Å²) in [5, 5.41) is 10.4. The van der Waals surface area contributed by atoms with Gasteiger partial charge in [0.1, 0.15) is 12.2 Å². The van der Waals surface area contributed by atoms with Crippen molar-refractivity contribution < 1.29 is 24.2 Å². The van der Waals surface area contributed by atoms with Crippen molar-refractivity contribution in [2.24, 2.45) is 23.2 Å². The van der Waals surface area contributed by atoms with Crippen molar-refractivity contribution in [3.8, 4) is 0 Å². The van der Waals surface area contributed by atoms with E-state index in [1.54, 1.807) is 0 Å². The number of carbonyl (C=O) groups excluding carboxylic acids is 2. The predicted octanol–water partition coefficient (Wildman–Crippen LogP) is 0.681. The Morgan fingerprint density at radius 2 is 1.95 bits per heavy atom. The molecule has 5 nitrogen and oxygen atoms in total. The molecule has 0 bridgehead atoms. The summed E-state index contributed by atoms with van der Waals surface area (Å²) in [7, 11) is 0. The summed E-state index contributed by atoms with van der Waals surface area (Å²) in [5.41, 5.74) is -1.91. The van der Waals surface area contributed by atoms with Crippen molar-refractivity contribution in [1.82, 2.24) is 0 Å². The first-order valence-electron chi connectivity index (χ1n) is 7.41. The van der Waals surface area contributed by atoms with E-state index in [1.807, 2.05) is 6.92 Å². The number of carbonyl (C=O) groups is 2. The number of hydrogen-bond donors (Lipinski definition) is 1. The van der Waals surface area contributed by atoms with Crippen LogP contribution < -0.4 is 0 Å². The summed E-state index contributed by atoms with van der Waals surface area (Å²) >= 11 is 0. The Bertz CT molecular complexity index is 512. The number of esters is 1. The standard InChI is InChI=1S/C15H20O5/c1-6-8-10-7(15(3,18)13(17)20-10)4-5-14(8,2)12(16)11-9(6)19-11/h6-11,18H,4-5H2,1-3H3/t6-,7+,8+,9+,10+,11+,14+,15-/m0/s1. The summed E-state index contributed by atoms with van der Waals surface area (Å²) in [4.78, 5) is 24.5. The molecule has 0 aromatic heterocycles. The van der Waals surface area contributed by atoms with E-state index in [1.165, 1.54) is 6.92 Å². The fraction of sp³-hybridized carbons (Fsp3) is 0.867. The zero-order chi connectivity index (χ0) is 14.4. The number of Topliss-reactive ketones (excluding diaryl/α,β-unsaturated/α-hetero) is 1. The predicted molar refractivity (Wildman–Crippen MR) is 67.7 cm³/mol. The maximum atomic E-state index is 12.6. The lowest BCUT2D eigenvalue weighted by atomic mass is 9.52. The van der Waals surface area contributed by atoms with Crippen LogP contribution in [-0.4, -0.2) is 40.8 Å². The van der Waals surface area contributed by atoms with Gasteiger partial charge in [-0.2, -0.15) is 0 Å². The smallest absolute Gasteiger partial charge is 0.338 e. The molecule has 0 aromatic rings. The lowest BCUT2D eigenvalue weighted by Crippen LogP contribution is -2.58. The average Bonchev–Trinajstić information content (AvgIpc) is 3.12. The molecule has 1 N–H and O–H groups in total. The van der Waals surface area contributed by atoms with Gasteiger partial charge in [0.15, 0.2) is 11.4 Å². The molecule has 20 heavy (non-hydrogen) atoms. The van der Waals surface area contributed by atoms with E-state index in [0.717, 1.165) is 0 Å². The number of rotatable bonds is 0. The van der Waals surface area contributed by atoms with Gasteiger partial charge in [0.05, 0.1) is 6.10 Å². The third kappa shape index (κ3) is 1.26. The molecule has 2 aliphatic heterocycles. The lowest BCUT2D eigenvalue weighted by molar-refractivity contribution is -0.160. The fourth-order valence-electron chi connectivity index (χ4n) is 4.98. The first-order valence-corrected chi connectivity index (χ1v) is 7.41. The molecular weight excluding hydrogens is 260 g/mol. The second kappa shape index (κ2) is 3.45. The van der Waals surface area contributed by atoms with Crippen molar-refractivity contribution >= 4 is 11.8 Å². The summed E-state index contributed by atoms with van der Waals surface area (Å²) < 4.78 is 11.0. The Morgan fingerprint density at radius 3 is 2.65 bits per heavy atom. The second-order valence-corrected chi connectivity index (χ2v) is 7.35. The molecule has 2 saturated carbocycles. The van der Waals surface area contributed by atoms with Crippen molar-refractivity contribution in [3.05, 3.63) is 0 Å². The topological polar surface area (TPSA) is 76.1 Å².